The zero-order valence-corrected chi connectivity index (χ0v) is 24.9. The molecule has 0 aliphatic heterocycles. The Labute approximate surface area is 244 Å². The molecule has 1 aromatic heterocycles. The number of carbonyl (C=O) groups excluding carboxylic acids is 2. The smallest absolute Gasteiger partial charge is 0.408 e. The van der Waals surface area contributed by atoms with Gasteiger partial charge in [-0.2, -0.15) is 4.98 Å². The Hall–Kier alpha value is -3.79. The van der Waals surface area contributed by atoms with Gasteiger partial charge < -0.3 is 28.8 Å². The monoisotopic (exact) mass is 585 g/mol. The van der Waals surface area contributed by atoms with E-state index in [1.165, 1.54) is 0 Å². The van der Waals surface area contributed by atoms with E-state index in [1.54, 1.807) is 52.0 Å². The average molecular weight is 586 g/mol. The van der Waals surface area contributed by atoms with Gasteiger partial charge in [0, 0.05) is 17.5 Å². The molecule has 1 fully saturated rings. The van der Waals surface area contributed by atoms with Crippen LogP contribution in [-0.4, -0.2) is 52.2 Å². The van der Waals surface area contributed by atoms with Crippen molar-refractivity contribution in [1.82, 2.24) is 15.5 Å². The number of carbonyl (C=O) groups is 2. The molecule has 2 atom stereocenters. The first-order chi connectivity index (χ1) is 19.4. The number of hydrogen-bond donors (Lipinski definition) is 1. The first-order valence-corrected chi connectivity index (χ1v) is 14.0. The van der Waals surface area contributed by atoms with E-state index >= 15 is 0 Å². The van der Waals surface area contributed by atoms with Crippen LogP contribution in [0.3, 0.4) is 0 Å². The predicted molar refractivity (Wildman–Crippen MR) is 153 cm³/mol. The maximum atomic E-state index is 12.9. The summed E-state index contributed by atoms with van der Waals surface area (Å²) in [5, 5.41) is 7.30. The molecule has 0 bridgehead atoms. The maximum absolute atomic E-state index is 12.9. The summed E-state index contributed by atoms with van der Waals surface area (Å²) in [6.45, 7) is 11.1. The largest absolute Gasteiger partial charge is 0.490 e. The second kappa shape index (κ2) is 12.4. The molecule has 1 saturated carbocycles. The fraction of sp³-hybridized carbons (Fsp3) is 0.467. The molecule has 11 heteroatoms. The van der Waals surface area contributed by atoms with Crippen molar-refractivity contribution < 1.29 is 33.1 Å². The molecule has 0 radical (unpaired) electrons. The number of rotatable bonds is 9. The Bertz CT molecular complexity index is 1370. The highest BCUT2D eigenvalue weighted by atomic mass is 35.5. The Morgan fingerprint density at radius 1 is 1.15 bits per heavy atom. The van der Waals surface area contributed by atoms with Gasteiger partial charge in [-0.1, -0.05) is 16.8 Å². The summed E-state index contributed by atoms with van der Waals surface area (Å²) in [7, 11) is 0. The van der Waals surface area contributed by atoms with Crippen LogP contribution in [-0.2, 0) is 14.3 Å². The molecule has 1 N–H and O–H groups in total. The standard InChI is InChI=1S/C30H36ClN3O7/c1-7-37-27(35)30(33-28(36)40-29(4,5)6)15-14-22(17-30)39-21-11-8-19(9-12-21)26-32-25(34-41-26)20-10-13-24(23(31)16-20)38-18(2)3/h8-13,16,18,22H,7,14-15,17H2,1-6H3,(H,33,36). The van der Waals surface area contributed by atoms with Crippen molar-refractivity contribution in [3.05, 3.63) is 47.5 Å². The molecule has 1 aliphatic rings. The summed E-state index contributed by atoms with van der Waals surface area (Å²) in [6.07, 6.45) is 0.188. The number of nitrogens with zero attached hydrogens (tertiary/aromatic N) is 2. The highest BCUT2D eigenvalue weighted by Crippen LogP contribution is 2.35. The van der Waals surface area contributed by atoms with Crippen molar-refractivity contribution in [3.63, 3.8) is 0 Å². The Morgan fingerprint density at radius 2 is 1.85 bits per heavy atom. The number of ether oxygens (including phenoxy) is 4. The van der Waals surface area contributed by atoms with Crippen LogP contribution in [0.25, 0.3) is 22.8 Å². The lowest BCUT2D eigenvalue weighted by atomic mass is 9.98. The van der Waals surface area contributed by atoms with Crippen molar-refractivity contribution in [2.45, 2.75) is 84.2 Å². The van der Waals surface area contributed by atoms with Gasteiger partial charge in [-0.3, -0.25) is 0 Å². The number of amides is 1. The Morgan fingerprint density at radius 3 is 2.49 bits per heavy atom. The number of nitrogens with one attached hydrogen (secondary N) is 1. The van der Waals surface area contributed by atoms with E-state index in [4.69, 9.17) is 35.1 Å². The highest BCUT2D eigenvalue weighted by molar-refractivity contribution is 6.32. The molecule has 4 rings (SSSR count). The van der Waals surface area contributed by atoms with Gasteiger partial charge in [0.15, 0.2) is 0 Å². The van der Waals surface area contributed by atoms with E-state index in [9.17, 15) is 9.59 Å². The number of hydrogen-bond acceptors (Lipinski definition) is 9. The summed E-state index contributed by atoms with van der Waals surface area (Å²) in [6, 6.07) is 12.5. The van der Waals surface area contributed by atoms with Gasteiger partial charge in [-0.05, 0) is 96.8 Å². The Balaban J connectivity index is 1.42. The third-order valence-electron chi connectivity index (χ3n) is 6.26. The second-order valence-electron chi connectivity index (χ2n) is 11.2. The molecule has 3 aromatic rings. The third kappa shape index (κ3) is 7.70. The van der Waals surface area contributed by atoms with Gasteiger partial charge in [0.25, 0.3) is 5.89 Å². The maximum Gasteiger partial charge on any atom is 0.408 e. The predicted octanol–water partition coefficient (Wildman–Crippen LogP) is 6.60. The van der Waals surface area contributed by atoms with Crippen LogP contribution in [0.1, 0.15) is 60.8 Å². The van der Waals surface area contributed by atoms with Gasteiger partial charge in [0.05, 0.1) is 17.7 Å². The lowest BCUT2D eigenvalue weighted by Crippen LogP contribution is -2.55. The average Bonchev–Trinajstić information content (AvgIpc) is 3.53. The number of benzene rings is 2. The summed E-state index contributed by atoms with van der Waals surface area (Å²) < 4.78 is 28.0. The molecule has 220 valence electrons. The summed E-state index contributed by atoms with van der Waals surface area (Å²) in [5.74, 6) is 1.43. The molecule has 10 nitrogen and oxygen atoms in total. The van der Waals surface area contributed by atoms with E-state index in [1.807, 2.05) is 32.0 Å². The van der Waals surface area contributed by atoms with Crippen molar-refractivity contribution in [3.8, 4) is 34.3 Å². The molecule has 1 aliphatic carbocycles. The van der Waals surface area contributed by atoms with Crippen LogP contribution >= 0.6 is 11.6 Å². The molecular weight excluding hydrogens is 550 g/mol. The van der Waals surface area contributed by atoms with Crippen LogP contribution in [0.2, 0.25) is 5.02 Å². The van der Waals surface area contributed by atoms with E-state index in [2.05, 4.69) is 15.5 Å². The minimum absolute atomic E-state index is 0.00441. The van der Waals surface area contributed by atoms with Crippen molar-refractivity contribution in [1.29, 1.82) is 0 Å². The SMILES string of the molecule is CCOC(=O)C1(NC(=O)OC(C)(C)C)CCC(Oc2ccc(-c3nc(-c4ccc(OC(C)C)c(Cl)c4)no3)cc2)C1. The fourth-order valence-corrected chi connectivity index (χ4v) is 4.76. The molecular formula is C30H36ClN3O7. The topological polar surface area (TPSA) is 122 Å². The van der Waals surface area contributed by atoms with E-state index in [-0.39, 0.29) is 25.2 Å². The van der Waals surface area contributed by atoms with E-state index < -0.39 is 23.2 Å². The molecule has 1 amide bonds. The van der Waals surface area contributed by atoms with Gasteiger partial charge in [0.1, 0.15) is 28.7 Å². The molecule has 41 heavy (non-hydrogen) atoms. The Kier molecular flexibility index (Phi) is 9.11. The minimum Gasteiger partial charge on any atom is -0.490 e. The minimum atomic E-state index is -1.22. The van der Waals surface area contributed by atoms with E-state index in [0.29, 0.717) is 52.2 Å². The van der Waals surface area contributed by atoms with Crippen LogP contribution < -0.4 is 14.8 Å². The van der Waals surface area contributed by atoms with Crippen molar-refractivity contribution in [2.75, 3.05) is 6.61 Å². The quantitative estimate of drug-likeness (QED) is 0.277. The third-order valence-corrected chi connectivity index (χ3v) is 6.55. The number of alkyl carbamates (subject to hydrolysis) is 1. The van der Waals surface area contributed by atoms with Crippen LogP contribution in [0.5, 0.6) is 11.5 Å². The molecule has 0 saturated heterocycles. The lowest BCUT2D eigenvalue weighted by Gasteiger charge is -2.29. The number of aromatic nitrogens is 2. The van der Waals surface area contributed by atoms with E-state index in [0.717, 1.165) is 0 Å². The van der Waals surface area contributed by atoms with Crippen LogP contribution in [0, 0.1) is 0 Å². The van der Waals surface area contributed by atoms with Crippen molar-refractivity contribution >= 4 is 23.7 Å². The highest BCUT2D eigenvalue weighted by Gasteiger charge is 2.49. The first-order valence-electron chi connectivity index (χ1n) is 13.6. The van der Waals surface area contributed by atoms with Gasteiger partial charge in [-0.15, -0.1) is 0 Å². The normalized spacial score (nSPS) is 18.7. The summed E-state index contributed by atoms with van der Waals surface area (Å²) >= 11 is 6.36. The van der Waals surface area contributed by atoms with Gasteiger partial charge >= 0.3 is 12.1 Å². The van der Waals surface area contributed by atoms with Crippen LogP contribution in [0.15, 0.2) is 47.0 Å². The van der Waals surface area contributed by atoms with Crippen molar-refractivity contribution in [2.24, 2.45) is 0 Å². The second-order valence-corrected chi connectivity index (χ2v) is 11.6. The van der Waals surface area contributed by atoms with Gasteiger partial charge in [-0.25, -0.2) is 9.59 Å². The lowest BCUT2D eigenvalue weighted by molar-refractivity contribution is -0.151. The molecule has 2 aromatic carbocycles. The number of halogens is 1. The fourth-order valence-electron chi connectivity index (χ4n) is 4.53. The molecule has 2 unspecified atom stereocenters. The first kappa shape index (κ1) is 30.2. The zero-order chi connectivity index (χ0) is 29.8. The molecule has 0 spiro atoms. The summed E-state index contributed by atoms with van der Waals surface area (Å²) in [4.78, 5) is 29.9. The molecule has 1 heterocycles. The zero-order valence-electron chi connectivity index (χ0n) is 24.2. The number of esters is 1. The van der Waals surface area contributed by atoms with Crippen LogP contribution in [0.4, 0.5) is 4.79 Å². The van der Waals surface area contributed by atoms with Gasteiger partial charge in [0.2, 0.25) is 5.82 Å². The summed E-state index contributed by atoms with van der Waals surface area (Å²) in [5.41, 5.74) is -0.506.